The van der Waals surface area contributed by atoms with Gasteiger partial charge in [0.25, 0.3) is 0 Å². The van der Waals surface area contributed by atoms with Crippen molar-refractivity contribution < 1.29 is 4.74 Å². The van der Waals surface area contributed by atoms with Crippen LogP contribution in [0.3, 0.4) is 0 Å². The molecule has 0 radical (unpaired) electrons. The quantitative estimate of drug-likeness (QED) is 0.568. The topological polar surface area (TPSA) is 21.3 Å². The van der Waals surface area contributed by atoms with Crippen molar-refractivity contribution in [1.82, 2.24) is 0 Å². The van der Waals surface area contributed by atoms with Gasteiger partial charge in [-0.1, -0.05) is 59.6 Å². The third-order valence-electron chi connectivity index (χ3n) is 3.50. The smallest absolute Gasteiger partial charge is 0.121 e. The first-order valence-corrected chi connectivity index (χ1v) is 8.40. The highest BCUT2D eigenvalue weighted by Gasteiger charge is 2.01. The maximum Gasteiger partial charge on any atom is 0.121 e. The SMILES string of the molecule is Clc1cc(Cl)cc(CNc2cccc(OCc3ccccc3)c2)c1. The Kier molecular flexibility index (Phi) is 5.63. The minimum Gasteiger partial charge on any atom is -0.489 e. The van der Waals surface area contributed by atoms with E-state index in [0.29, 0.717) is 23.2 Å². The van der Waals surface area contributed by atoms with Gasteiger partial charge in [0.15, 0.2) is 0 Å². The van der Waals surface area contributed by atoms with E-state index in [0.717, 1.165) is 22.6 Å². The third-order valence-corrected chi connectivity index (χ3v) is 3.94. The normalized spacial score (nSPS) is 10.4. The number of hydrogen-bond donors (Lipinski definition) is 1. The van der Waals surface area contributed by atoms with Gasteiger partial charge in [0, 0.05) is 28.3 Å². The number of benzene rings is 3. The molecule has 0 saturated carbocycles. The summed E-state index contributed by atoms with van der Waals surface area (Å²) in [6.07, 6.45) is 0. The van der Waals surface area contributed by atoms with E-state index in [4.69, 9.17) is 27.9 Å². The second kappa shape index (κ2) is 8.09. The summed E-state index contributed by atoms with van der Waals surface area (Å²) >= 11 is 12.0. The zero-order valence-corrected chi connectivity index (χ0v) is 14.5. The lowest BCUT2D eigenvalue weighted by Gasteiger charge is -2.10. The summed E-state index contributed by atoms with van der Waals surface area (Å²) in [7, 11) is 0. The fourth-order valence-corrected chi connectivity index (χ4v) is 2.93. The van der Waals surface area contributed by atoms with Crippen molar-refractivity contribution in [3.8, 4) is 5.75 Å². The molecule has 0 aliphatic rings. The minimum absolute atomic E-state index is 0.550. The summed E-state index contributed by atoms with van der Waals surface area (Å²) in [5.41, 5.74) is 3.16. The van der Waals surface area contributed by atoms with Crippen molar-refractivity contribution in [2.24, 2.45) is 0 Å². The van der Waals surface area contributed by atoms with Crippen LogP contribution in [0.15, 0.2) is 72.8 Å². The summed E-state index contributed by atoms with van der Waals surface area (Å²) < 4.78 is 5.84. The highest BCUT2D eigenvalue weighted by molar-refractivity contribution is 6.34. The summed E-state index contributed by atoms with van der Waals surface area (Å²) in [6, 6.07) is 23.5. The summed E-state index contributed by atoms with van der Waals surface area (Å²) in [6.45, 7) is 1.19. The Bertz CT molecular complexity index is 785. The predicted octanol–water partition coefficient (Wildman–Crippen LogP) is 6.18. The zero-order valence-electron chi connectivity index (χ0n) is 13.0. The number of nitrogens with one attached hydrogen (secondary N) is 1. The van der Waals surface area contributed by atoms with E-state index in [1.807, 2.05) is 66.7 Å². The van der Waals surface area contributed by atoms with Gasteiger partial charge in [-0.25, -0.2) is 0 Å². The van der Waals surface area contributed by atoms with Crippen LogP contribution in [-0.4, -0.2) is 0 Å². The summed E-state index contributed by atoms with van der Waals surface area (Å²) in [4.78, 5) is 0. The van der Waals surface area contributed by atoms with Crippen LogP contribution in [0.4, 0.5) is 5.69 Å². The highest BCUT2D eigenvalue weighted by Crippen LogP contribution is 2.22. The van der Waals surface area contributed by atoms with E-state index in [1.165, 1.54) is 0 Å². The first-order chi connectivity index (χ1) is 11.7. The van der Waals surface area contributed by atoms with E-state index in [1.54, 1.807) is 6.07 Å². The van der Waals surface area contributed by atoms with Crippen LogP contribution in [0, 0.1) is 0 Å². The predicted molar refractivity (Wildman–Crippen MR) is 101 cm³/mol. The van der Waals surface area contributed by atoms with Crippen molar-refractivity contribution in [2.45, 2.75) is 13.2 Å². The molecule has 3 aromatic carbocycles. The first-order valence-electron chi connectivity index (χ1n) is 7.65. The average molecular weight is 358 g/mol. The van der Waals surface area contributed by atoms with E-state index >= 15 is 0 Å². The van der Waals surface area contributed by atoms with Crippen LogP contribution in [-0.2, 0) is 13.2 Å². The molecule has 122 valence electrons. The number of ether oxygens (including phenoxy) is 1. The lowest BCUT2D eigenvalue weighted by Crippen LogP contribution is -2.00. The first kappa shape index (κ1) is 16.7. The third kappa shape index (κ3) is 4.92. The van der Waals surface area contributed by atoms with Gasteiger partial charge in [-0.15, -0.1) is 0 Å². The number of anilines is 1. The van der Waals surface area contributed by atoms with Crippen LogP contribution in [0.25, 0.3) is 0 Å². The van der Waals surface area contributed by atoms with Gasteiger partial charge in [0.1, 0.15) is 12.4 Å². The molecule has 0 aromatic heterocycles. The maximum absolute atomic E-state index is 6.02. The molecule has 1 N–H and O–H groups in total. The Hall–Kier alpha value is -2.16. The maximum atomic E-state index is 6.02. The molecule has 0 atom stereocenters. The molecule has 3 rings (SSSR count). The molecule has 3 aromatic rings. The van der Waals surface area contributed by atoms with E-state index in [9.17, 15) is 0 Å². The highest BCUT2D eigenvalue weighted by atomic mass is 35.5. The minimum atomic E-state index is 0.550. The van der Waals surface area contributed by atoms with Gasteiger partial charge >= 0.3 is 0 Å². The standard InChI is InChI=1S/C20H17Cl2NO/c21-17-9-16(10-18(22)11-17)13-23-19-7-4-8-20(12-19)24-14-15-5-2-1-3-6-15/h1-12,23H,13-14H2. The molecule has 4 heteroatoms. The van der Waals surface area contributed by atoms with E-state index in [2.05, 4.69) is 5.32 Å². The molecule has 0 aliphatic carbocycles. The Labute approximate surface area is 152 Å². The van der Waals surface area contributed by atoms with Gasteiger partial charge in [-0.2, -0.15) is 0 Å². The van der Waals surface area contributed by atoms with Crippen molar-refractivity contribution in [3.63, 3.8) is 0 Å². The molecular formula is C20H17Cl2NO. The number of halogens is 2. The molecule has 0 bridgehead atoms. The number of hydrogen-bond acceptors (Lipinski definition) is 2. The van der Waals surface area contributed by atoms with Crippen molar-refractivity contribution in [3.05, 3.63) is 94.0 Å². The molecule has 0 spiro atoms. The molecule has 0 saturated heterocycles. The molecule has 0 fully saturated rings. The van der Waals surface area contributed by atoms with Gasteiger partial charge in [-0.05, 0) is 41.5 Å². The van der Waals surface area contributed by atoms with Crippen molar-refractivity contribution >= 4 is 28.9 Å². The Morgan fingerprint density at radius 2 is 1.50 bits per heavy atom. The monoisotopic (exact) mass is 357 g/mol. The molecule has 2 nitrogen and oxygen atoms in total. The number of rotatable bonds is 6. The average Bonchev–Trinajstić information content (AvgIpc) is 2.59. The molecule has 0 heterocycles. The van der Waals surface area contributed by atoms with Gasteiger partial charge in [0.2, 0.25) is 0 Å². The van der Waals surface area contributed by atoms with Crippen molar-refractivity contribution in [2.75, 3.05) is 5.32 Å². The molecule has 0 amide bonds. The molecular weight excluding hydrogens is 341 g/mol. The zero-order chi connectivity index (χ0) is 16.8. The van der Waals surface area contributed by atoms with E-state index in [-0.39, 0.29) is 0 Å². The van der Waals surface area contributed by atoms with Crippen molar-refractivity contribution in [1.29, 1.82) is 0 Å². The second-order valence-corrected chi connectivity index (χ2v) is 6.31. The summed E-state index contributed by atoms with van der Waals surface area (Å²) in [5.74, 6) is 0.827. The molecule has 0 aliphatic heterocycles. The van der Waals surface area contributed by atoms with Gasteiger partial charge in [-0.3, -0.25) is 0 Å². The van der Waals surface area contributed by atoms with Gasteiger partial charge < -0.3 is 10.1 Å². The van der Waals surface area contributed by atoms with Crippen LogP contribution < -0.4 is 10.1 Å². The van der Waals surface area contributed by atoms with E-state index < -0.39 is 0 Å². The molecule has 0 unspecified atom stereocenters. The molecule has 24 heavy (non-hydrogen) atoms. The van der Waals surface area contributed by atoms with Crippen LogP contribution in [0.2, 0.25) is 10.0 Å². The summed E-state index contributed by atoms with van der Waals surface area (Å²) in [5, 5.41) is 4.63. The van der Waals surface area contributed by atoms with Crippen LogP contribution in [0.1, 0.15) is 11.1 Å². The Morgan fingerprint density at radius 1 is 0.750 bits per heavy atom. The fourth-order valence-electron chi connectivity index (χ4n) is 2.35. The Balaban J connectivity index is 1.60. The van der Waals surface area contributed by atoms with Crippen LogP contribution in [0.5, 0.6) is 5.75 Å². The van der Waals surface area contributed by atoms with Gasteiger partial charge in [0.05, 0.1) is 0 Å². The second-order valence-electron chi connectivity index (χ2n) is 5.43. The fraction of sp³-hybridized carbons (Fsp3) is 0.100. The lowest BCUT2D eigenvalue weighted by atomic mass is 10.2. The lowest BCUT2D eigenvalue weighted by molar-refractivity contribution is 0.306. The largest absolute Gasteiger partial charge is 0.489 e. The Morgan fingerprint density at radius 3 is 2.25 bits per heavy atom. The van der Waals surface area contributed by atoms with Crippen LogP contribution >= 0.6 is 23.2 Å².